The van der Waals surface area contributed by atoms with Crippen molar-refractivity contribution >= 4 is 27.2 Å². The molecule has 2 aliphatic heterocycles. The maximum Gasteiger partial charge on any atom is 0.211 e. The smallest absolute Gasteiger partial charge is 0.211 e. The molecule has 0 saturated carbocycles. The van der Waals surface area contributed by atoms with Crippen LogP contribution >= 0.6 is 11.6 Å². The molecule has 34 heavy (non-hydrogen) atoms. The SMILES string of the molecule is C[C@H](C1=CC2=CC=CNC2[C@@H](N2CCN(S(C)(=O)=O)CC2)c2ccc(Cl)cc21)c1cncn1C. The molecule has 1 aliphatic carbocycles. The van der Waals surface area contributed by atoms with Gasteiger partial charge in [0.05, 0.1) is 24.7 Å². The number of imidazole rings is 1. The van der Waals surface area contributed by atoms with E-state index in [4.69, 9.17) is 11.6 Å². The zero-order chi connectivity index (χ0) is 24.0. The first kappa shape index (κ1) is 23.4. The zero-order valence-corrected chi connectivity index (χ0v) is 21.2. The first-order valence-corrected chi connectivity index (χ1v) is 13.8. The Morgan fingerprint density at radius 1 is 1.21 bits per heavy atom. The molecule has 3 atom stereocenters. The van der Waals surface area contributed by atoms with E-state index in [0.29, 0.717) is 31.2 Å². The summed E-state index contributed by atoms with van der Waals surface area (Å²) >= 11 is 6.54. The van der Waals surface area contributed by atoms with Crippen LogP contribution in [0.5, 0.6) is 0 Å². The number of nitrogens with one attached hydrogen (secondary N) is 1. The number of halogens is 1. The predicted octanol–water partition coefficient (Wildman–Crippen LogP) is 3.30. The summed E-state index contributed by atoms with van der Waals surface area (Å²) in [6.45, 7) is 4.53. The van der Waals surface area contributed by atoms with Gasteiger partial charge in [-0.3, -0.25) is 4.90 Å². The normalized spacial score (nSPS) is 24.4. The number of sulfonamides is 1. The lowest BCUT2D eigenvalue weighted by atomic mass is 9.87. The quantitative estimate of drug-likeness (QED) is 0.699. The second-order valence-electron chi connectivity index (χ2n) is 9.30. The number of hydrogen-bond acceptors (Lipinski definition) is 5. The van der Waals surface area contributed by atoms with Gasteiger partial charge in [-0.25, -0.2) is 13.4 Å². The number of allylic oxidation sites excluding steroid dienone is 3. The Hall–Kier alpha value is -2.39. The van der Waals surface area contributed by atoms with E-state index in [-0.39, 0.29) is 18.0 Å². The van der Waals surface area contributed by atoms with E-state index in [9.17, 15) is 8.42 Å². The van der Waals surface area contributed by atoms with Crippen molar-refractivity contribution < 1.29 is 8.42 Å². The topological polar surface area (TPSA) is 70.5 Å². The molecule has 5 rings (SSSR count). The molecule has 1 N–H and O–H groups in total. The fourth-order valence-corrected chi connectivity index (χ4v) is 6.42. The second-order valence-corrected chi connectivity index (χ2v) is 11.7. The lowest BCUT2D eigenvalue weighted by molar-refractivity contribution is 0.122. The van der Waals surface area contributed by atoms with Gasteiger partial charge in [0, 0.05) is 56.1 Å². The summed E-state index contributed by atoms with van der Waals surface area (Å²) in [6.07, 6.45) is 13.5. The van der Waals surface area contributed by atoms with Crippen LogP contribution in [0.3, 0.4) is 0 Å². The third-order valence-electron chi connectivity index (χ3n) is 7.20. The van der Waals surface area contributed by atoms with Crippen molar-refractivity contribution in [1.82, 2.24) is 24.1 Å². The van der Waals surface area contributed by atoms with Crippen LogP contribution in [0.2, 0.25) is 5.02 Å². The van der Waals surface area contributed by atoms with E-state index < -0.39 is 10.0 Å². The fraction of sp³-hybridized carbons (Fsp3) is 0.400. The standard InChI is InChI=1S/C25H30ClN5O2S/c1-17(23-15-27-16-29(23)2)21-13-18-5-4-8-28-24(18)25(20-7-6-19(26)14-22(20)21)30-9-11-31(12-10-30)34(3,32)33/h4-8,13-17,24-25,28H,9-12H2,1-3H3/t17-,24?,25+/m1/s1. The Balaban J connectivity index is 1.61. The molecule has 1 fully saturated rings. The van der Waals surface area contributed by atoms with Crippen molar-refractivity contribution in [2.24, 2.45) is 7.05 Å². The van der Waals surface area contributed by atoms with Crippen LogP contribution in [0, 0.1) is 0 Å². The molecule has 7 nitrogen and oxygen atoms in total. The van der Waals surface area contributed by atoms with Crippen molar-refractivity contribution in [2.75, 3.05) is 32.4 Å². The molecule has 3 heterocycles. The molecule has 1 unspecified atom stereocenters. The lowest BCUT2D eigenvalue weighted by Crippen LogP contribution is -2.53. The minimum atomic E-state index is -3.19. The van der Waals surface area contributed by atoms with Crippen molar-refractivity contribution in [2.45, 2.75) is 24.9 Å². The summed E-state index contributed by atoms with van der Waals surface area (Å²) in [7, 11) is -1.17. The number of aryl methyl sites for hydroxylation is 1. The molecule has 0 radical (unpaired) electrons. The van der Waals surface area contributed by atoms with E-state index in [1.807, 2.05) is 37.9 Å². The van der Waals surface area contributed by atoms with E-state index in [1.165, 1.54) is 23.0 Å². The number of rotatable bonds is 4. The Morgan fingerprint density at radius 2 is 1.97 bits per heavy atom. The highest BCUT2D eigenvalue weighted by molar-refractivity contribution is 7.88. The van der Waals surface area contributed by atoms with E-state index in [0.717, 1.165) is 11.3 Å². The van der Waals surface area contributed by atoms with Crippen molar-refractivity contribution in [3.8, 4) is 0 Å². The molecule has 9 heteroatoms. The Kier molecular flexibility index (Phi) is 6.18. The molecule has 180 valence electrons. The summed E-state index contributed by atoms with van der Waals surface area (Å²) in [5, 5.41) is 4.29. The van der Waals surface area contributed by atoms with Crippen molar-refractivity contribution in [1.29, 1.82) is 0 Å². The second kappa shape index (κ2) is 9.00. The summed E-state index contributed by atoms with van der Waals surface area (Å²) in [5.74, 6) is 0.109. The number of dihydropyridines is 1. The molecule has 1 aromatic carbocycles. The third kappa shape index (κ3) is 4.24. The third-order valence-corrected chi connectivity index (χ3v) is 8.74. The maximum absolute atomic E-state index is 12.1. The van der Waals surface area contributed by atoms with Crippen LogP contribution in [-0.2, 0) is 17.1 Å². The van der Waals surface area contributed by atoms with Crippen LogP contribution < -0.4 is 5.32 Å². The number of nitrogens with zero attached hydrogens (tertiary/aromatic N) is 4. The minimum absolute atomic E-state index is 0.0395. The van der Waals surface area contributed by atoms with Crippen LogP contribution in [-0.4, -0.2) is 65.7 Å². The highest BCUT2D eigenvalue weighted by atomic mass is 35.5. The van der Waals surface area contributed by atoms with Crippen LogP contribution in [0.4, 0.5) is 0 Å². The first-order chi connectivity index (χ1) is 16.2. The summed E-state index contributed by atoms with van der Waals surface area (Å²) in [5.41, 5.74) is 5.87. The van der Waals surface area contributed by atoms with Crippen LogP contribution in [0.1, 0.15) is 35.7 Å². The summed E-state index contributed by atoms with van der Waals surface area (Å²) in [4.78, 5) is 6.75. The van der Waals surface area contributed by atoms with E-state index in [1.54, 1.807) is 4.31 Å². The van der Waals surface area contributed by atoms with Crippen LogP contribution in [0.25, 0.3) is 5.57 Å². The van der Waals surface area contributed by atoms with Crippen molar-refractivity contribution in [3.63, 3.8) is 0 Å². The number of fused-ring (bicyclic) bond motifs is 2. The Bertz CT molecular complexity index is 1290. The number of aromatic nitrogens is 2. The van der Waals surface area contributed by atoms with Crippen molar-refractivity contribution in [3.05, 3.63) is 82.6 Å². The lowest BCUT2D eigenvalue weighted by Gasteiger charge is -2.42. The maximum atomic E-state index is 12.1. The van der Waals surface area contributed by atoms with Crippen LogP contribution in [0.15, 0.2) is 60.7 Å². The average molecular weight is 500 g/mol. The highest BCUT2D eigenvalue weighted by Crippen LogP contribution is 2.44. The molecular weight excluding hydrogens is 470 g/mol. The van der Waals surface area contributed by atoms with Gasteiger partial charge in [0.2, 0.25) is 10.0 Å². The predicted molar refractivity (Wildman–Crippen MR) is 136 cm³/mol. The van der Waals surface area contributed by atoms with Gasteiger partial charge in [-0.15, -0.1) is 0 Å². The molecular formula is C25H30ClN5O2S. The van der Waals surface area contributed by atoms with Gasteiger partial charge >= 0.3 is 0 Å². The van der Waals surface area contributed by atoms with Gasteiger partial charge in [-0.1, -0.05) is 36.7 Å². The van der Waals surface area contributed by atoms with Gasteiger partial charge < -0.3 is 9.88 Å². The first-order valence-electron chi connectivity index (χ1n) is 11.5. The largest absolute Gasteiger partial charge is 0.382 e. The number of hydrogen-bond donors (Lipinski definition) is 1. The fourth-order valence-electron chi connectivity index (χ4n) is 5.43. The Labute approximate surface area is 206 Å². The van der Waals surface area contributed by atoms with Gasteiger partial charge in [-0.2, -0.15) is 4.31 Å². The summed E-state index contributed by atoms with van der Waals surface area (Å²) in [6, 6.07) is 6.25. The molecule has 1 saturated heterocycles. The van der Waals surface area contributed by atoms with E-state index in [2.05, 4.69) is 51.0 Å². The van der Waals surface area contributed by atoms with Gasteiger partial charge in [0.15, 0.2) is 0 Å². The molecule has 3 aliphatic rings. The average Bonchev–Trinajstić information content (AvgIpc) is 3.18. The zero-order valence-electron chi connectivity index (χ0n) is 19.6. The molecule has 1 aromatic heterocycles. The number of piperazine rings is 1. The molecule has 0 spiro atoms. The molecule has 2 aromatic rings. The monoisotopic (exact) mass is 499 g/mol. The Morgan fingerprint density at radius 3 is 2.65 bits per heavy atom. The minimum Gasteiger partial charge on any atom is -0.382 e. The van der Waals surface area contributed by atoms with Gasteiger partial charge in [0.1, 0.15) is 0 Å². The number of benzene rings is 1. The molecule has 0 bridgehead atoms. The highest BCUT2D eigenvalue weighted by Gasteiger charge is 2.38. The van der Waals surface area contributed by atoms with Gasteiger partial charge in [0.25, 0.3) is 0 Å². The summed E-state index contributed by atoms with van der Waals surface area (Å²) < 4.78 is 27.8. The molecule has 0 amide bonds. The van der Waals surface area contributed by atoms with Gasteiger partial charge in [-0.05, 0) is 46.7 Å². The van der Waals surface area contributed by atoms with E-state index >= 15 is 0 Å².